The third-order valence-corrected chi connectivity index (χ3v) is 5.30. The maximum atomic E-state index is 14.4. The van der Waals surface area contributed by atoms with Gasteiger partial charge in [0, 0.05) is 6.04 Å². The molecule has 0 radical (unpaired) electrons. The number of benzene rings is 1. The van der Waals surface area contributed by atoms with E-state index in [0.717, 1.165) is 42.7 Å². The van der Waals surface area contributed by atoms with E-state index in [1.165, 1.54) is 26.4 Å². The zero-order valence-electron chi connectivity index (χ0n) is 13.1. The third kappa shape index (κ3) is 2.94. The fraction of sp³-hybridized carbons (Fsp3) is 0.667. The van der Waals surface area contributed by atoms with Gasteiger partial charge in [0.15, 0.2) is 11.6 Å². The standard InChI is InChI=1S/C18H26FNO/c1-3-10-20-15(17-13-7-5-8-14(13)17)11-12-6-4-9-16(21-2)18(12)19/h4,6,9,13-15,17,20H,3,5,7-8,10-11H2,1-2H3. The first-order chi connectivity index (χ1) is 10.3. The molecule has 21 heavy (non-hydrogen) atoms. The van der Waals surface area contributed by atoms with Crippen molar-refractivity contribution in [3.8, 4) is 5.75 Å². The highest BCUT2D eigenvalue weighted by Crippen LogP contribution is 2.59. The number of hydrogen-bond acceptors (Lipinski definition) is 2. The van der Waals surface area contributed by atoms with E-state index >= 15 is 0 Å². The summed E-state index contributed by atoms with van der Waals surface area (Å²) in [6.07, 6.45) is 6.04. The van der Waals surface area contributed by atoms with Gasteiger partial charge in [-0.25, -0.2) is 4.39 Å². The molecule has 1 N–H and O–H groups in total. The zero-order valence-corrected chi connectivity index (χ0v) is 13.1. The van der Waals surface area contributed by atoms with Crippen LogP contribution in [0.3, 0.4) is 0 Å². The summed E-state index contributed by atoms with van der Waals surface area (Å²) in [4.78, 5) is 0. The highest BCUT2D eigenvalue weighted by Gasteiger charge is 2.55. The number of nitrogens with one attached hydrogen (secondary N) is 1. The van der Waals surface area contributed by atoms with Gasteiger partial charge in [0.05, 0.1) is 7.11 Å². The van der Waals surface area contributed by atoms with Crippen LogP contribution in [0.15, 0.2) is 18.2 Å². The highest BCUT2D eigenvalue weighted by molar-refractivity contribution is 5.32. The average molecular weight is 291 g/mol. The second kappa shape index (κ2) is 6.35. The molecule has 0 aromatic heterocycles. The normalized spacial score (nSPS) is 28.2. The van der Waals surface area contributed by atoms with Crippen LogP contribution >= 0.6 is 0 Å². The summed E-state index contributed by atoms with van der Waals surface area (Å²) in [6, 6.07) is 5.90. The molecule has 3 rings (SSSR count). The Balaban J connectivity index is 1.72. The van der Waals surface area contributed by atoms with Crippen LogP contribution in [0.5, 0.6) is 5.75 Å². The lowest BCUT2D eigenvalue weighted by Gasteiger charge is -2.21. The number of rotatable bonds is 7. The lowest BCUT2D eigenvalue weighted by molar-refractivity contribution is 0.374. The molecule has 1 aromatic rings. The molecule has 0 amide bonds. The van der Waals surface area contributed by atoms with Crippen LogP contribution in [-0.4, -0.2) is 19.7 Å². The van der Waals surface area contributed by atoms with Gasteiger partial charge in [0.25, 0.3) is 0 Å². The minimum atomic E-state index is -0.186. The molecule has 116 valence electrons. The molecular formula is C18H26FNO. The van der Waals surface area contributed by atoms with Gasteiger partial charge in [0.1, 0.15) is 0 Å². The minimum Gasteiger partial charge on any atom is -0.494 e. The molecule has 1 aromatic carbocycles. The van der Waals surface area contributed by atoms with Crippen molar-refractivity contribution in [2.45, 2.75) is 45.1 Å². The predicted octanol–water partition coefficient (Wildman–Crippen LogP) is 3.79. The number of fused-ring (bicyclic) bond motifs is 1. The van der Waals surface area contributed by atoms with E-state index in [1.54, 1.807) is 6.07 Å². The lowest BCUT2D eigenvalue weighted by atomic mass is 9.96. The maximum absolute atomic E-state index is 14.4. The summed E-state index contributed by atoms with van der Waals surface area (Å²) in [7, 11) is 1.53. The van der Waals surface area contributed by atoms with Gasteiger partial charge in [-0.15, -0.1) is 0 Å². The Labute approximate surface area is 127 Å². The van der Waals surface area contributed by atoms with Crippen molar-refractivity contribution in [2.24, 2.45) is 17.8 Å². The van der Waals surface area contributed by atoms with Crippen molar-refractivity contribution < 1.29 is 9.13 Å². The summed E-state index contributed by atoms with van der Waals surface area (Å²) < 4.78 is 19.5. The second-order valence-electron chi connectivity index (χ2n) is 6.53. The smallest absolute Gasteiger partial charge is 0.168 e. The quantitative estimate of drug-likeness (QED) is 0.825. The van der Waals surface area contributed by atoms with E-state index in [1.807, 2.05) is 12.1 Å². The Morgan fingerprint density at radius 1 is 1.33 bits per heavy atom. The third-order valence-electron chi connectivity index (χ3n) is 5.30. The molecule has 2 saturated carbocycles. The van der Waals surface area contributed by atoms with E-state index < -0.39 is 0 Å². The van der Waals surface area contributed by atoms with Crippen LogP contribution in [0.25, 0.3) is 0 Å². The molecule has 0 saturated heterocycles. The van der Waals surface area contributed by atoms with E-state index in [-0.39, 0.29) is 5.82 Å². The van der Waals surface area contributed by atoms with Crippen molar-refractivity contribution in [3.63, 3.8) is 0 Å². The number of halogens is 1. The van der Waals surface area contributed by atoms with Crippen molar-refractivity contribution in [1.29, 1.82) is 0 Å². The first-order valence-corrected chi connectivity index (χ1v) is 8.31. The first kappa shape index (κ1) is 14.8. The van der Waals surface area contributed by atoms with E-state index in [0.29, 0.717) is 11.8 Å². The molecule has 3 heteroatoms. The van der Waals surface area contributed by atoms with Crippen LogP contribution < -0.4 is 10.1 Å². The fourth-order valence-electron chi connectivity index (χ4n) is 4.26. The summed E-state index contributed by atoms with van der Waals surface area (Å²) in [6.45, 7) is 3.20. The highest BCUT2D eigenvalue weighted by atomic mass is 19.1. The van der Waals surface area contributed by atoms with Crippen LogP contribution in [-0.2, 0) is 6.42 Å². The van der Waals surface area contributed by atoms with E-state index in [2.05, 4.69) is 12.2 Å². The van der Waals surface area contributed by atoms with E-state index in [4.69, 9.17) is 4.74 Å². The predicted molar refractivity (Wildman–Crippen MR) is 83.1 cm³/mol. The Hall–Kier alpha value is -1.09. The molecule has 0 spiro atoms. The van der Waals surface area contributed by atoms with Gasteiger partial charge in [-0.1, -0.05) is 25.5 Å². The average Bonchev–Trinajstić information content (AvgIpc) is 2.97. The Bertz CT molecular complexity index is 480. The molecule has 3 unspecified atom stereocenters. The first-order valence-electron chi connectivity index (χ1n) is 8.31. The van der Waals surface area contributed by atoms with Gasteiger partial charge in [-0.05, 0) is 61.6 Å². The SMILES string of the molecule is CCCNC(Cc1cccc(OC)c1F)C1C2CCCC21. The maximum Gasteiger partial charge on any atom is 0.168 e. The fourth-order valence-corrected chi connectivity index (χ4v) is 4.26. The van der Waals surface area contributed by atoms with Crippen LogP contribution in [0.4, 0.5) is 4.39 Å². The number of hydrogen-bond donors (Lipinski definition) is 1. The van der Waals surface area contributed by atoms with Gasteiger partial charge in [0.2, 0.25) is 0 Å². The molecular weight excluding hydrogens is 265 g/mol. The minimum absolute atomic E-state index is 0.186. The molecule has 2 fully saturated rings. The Kier molecular flexibility index (Phi) is 4.48. The van der Waals surface area contributed by atoms with E-state index in [9.17, 15) is 4.39 Å². The van der Waals surface area contributed by atoms with Crippen LogP contribution in [0.2, 0.25) is 0 Å². The van der Waals surface area contributed by atoms with Gasteiger partial charge < -0.3 is 10.1 Å². The van der Waals surface area contributed by atoms with Crippen molar-refractivity contribution in [2.75, 3.05) is 13.7 Å². The monoisotopic (exact) mass is 291 g/mol. The second-order valence-corrected chi connectivity index (χ2v) is 6.53. The van der Waals surface area contributed by atoms with Crippen molar-refractivity contribution in [3.05, 3.63) is 29.6 Å². The molecule has 3 atom stereocenters. The lowest BCUT2D eigenvalue weighted by Crippen LogP contribution is -2.35. The summed E-state index contributed by atoms with van der Waals surface area (Å²) in [5.41, 5.74) is 0.785. The van der Waals surface area contributed by atoms with Crippen LogP contribution in [0, 0.1) is 23.6 Å². The molecule has 0 aliphatic heterocycles. The topological polar surface area (TPSA) is 21.3 Å². The van der Waals surface area contributed by atoms with Crippen LogP contribution in [0.1, 0.15) is 38.2 Å². The number of ether oxygens (including phenoxy) is 1. The Morgan fingerprint density at radius 2 is 2.10 bits per heavy atom. The van der Waals surface area contributed by atoms with Crippen molar-refractivity contribution >= 4 is 0 Å². The molecule has 0 bridgehead atoms. The molecule has 2 aliphatic rings. The Morgan fingerprint density at radius 3 is 2.76 bits per heavy atom. The van der Waals surface area contributed by atoms with Crippen molar-refractivity contribution in [1.82, 2.24) is 5.32 Å². The summed E-state index contributed by atoms with van der Waals surface area (Å²) in [5.74, 6) is 2.73. The molecule has 0 heterocycles. The molecule has 2 aliphatic carbocycles. The van der Waals surface area contributed by atoms with Gasteiger partial charge >= 0.3 is 0 Å². The summed E-state index contributed by atoms with van der Waals surface area (Å²) >= 11 is 0. The molecule has 2 nitrogen and oxygen atoms in total. The van der Waals surface area contributed by atoms with Gasteiger partial charge in [-0.3, -0.25) is 0 Å². The number of methoxy groups -OCH3 is 1. The summed E-state index contributed by atoms with van der Waals surface area (Å²) in [5, 5.41) is 3.67. The van der Waals surface area contributed by atoms with Gasteiger partial charge in [-0.2, -0.15) is 0 Å². The largest absolute Gasteiger partial charge is 0.494 e. The zero-order chi connectivity index (χ0) is 14.8.